The fourth-order valence-electron chi connectivity index (χ4n) is 2.22. The molecule has 2 rings (SSSR count). The number of benzene rings is 1. The van der Waals surface area contributed by atoms with Crippen LogP contribution in [0.25, 0.3) is 0 Å². The van der Waals surface area contributed by atoms with E-state index in [0.29, 0.717) is 18.1 Å². The molecular weight excluding hydrogens is 267 g/mol. The van der Waals surface area contributed by atoms with Crippen LogP contribution >= 0.6 is 0 Å². The second kappa shape index (κ2) is 7.02. The van der Waals surface area contributed by atoms with Gasteiger partial charge in [0.05, 0.1) is 17.6 Å². The van der Waals surface area contributed by atoms with Gasteiger partial charge in [-0.2, -0.15) is 0 Å². The molecule has 21 heavy (non-hydrogen) atoms. The van der Waals surface area contributed by atoms with Crippen molar-refractivity contribution < 1.29 is 4.39 Å². The van der Waals surface area contributed by atoms with E-state index in [-0.39, 0.29) is 5.82 Å². The van der Waals surface area contributed by atoms with Gasteiger partial charge < -0.3 is 10.2 Å². The van der Waals surface area contributed by atoms with E-state index in [9.17, 15) is 4.39 Å². The summed E-state index contributed by atoms with van der Waals surface area (Å²) in [5.74, 6) is 0.511. The first-order valence-corrected chi connectivity index (χ1v) is 7.20. The van der Waals surface area contributed by atoms with Crippen molar-refractivity contribution in [3.8, 4) is 0 Å². The number of nitrogens with zero attached hydrogens (tertiary/aromatic N) is 3. The molecule has 2 aromatic rings. The van der Waals surface area contributed by atoms with Gasteiger partial charge in [0.2, 0.25) is 0 Å². The van der Waals surface area contributed by atoms with Crippen molar-refractivity contribution in [1.82, 2.24) is 9.97 Å². The topological polar surface area (TPSA) is 41.0 Å². The summed E-state index contributed by atoms with van der Waals surface area (Å²) in [5, 5.41) is 3.15. The minimum absolute atomic E-state index is 0.187. The molecule has 1 aromatic carbocycles. The fourth-order valence-corrected chi connectivity index (χ4v) is 2.22. The zero-order valence-corrected chi connectivity index (χ0v) is 12.7. The van der Waals surface area contributed by atoms with Gasteiger partial charge >= 0.3 is 0 Å². The van der Waals surface area contributed by atoms with Gasteiger partial charge in [-0.25, -0.2) is 9.37 Å². The van der Waals surface area contributed by atoms with Crippen LogP contribution in [0.15, 0.2) is 30.6 Å². The van der Waals surface area contributed by atoms with Gasteiger partial charge in [0.1, 0.15) is 11.6 Å². The van der Waals surface area contributed by atoms with Crippen LogP contribution < -0.4 is 10.2 Å². The molecule has 112 valence electrons. The average molecular weight is 288 g/mol. The lowest BCUT2D eigenvalue weighted by Crippen LogP contribution is -2.23. The van der Waals surface area contributed by atoms with Crippen molar-refractivity contribution in [2.45, 2.75) is 27.3 Å². The molecule has 5 heteroatoms. The summed E-state index contributed by atoms with van der Waals surface area (Å²) in [7, 11) is 0. The lowest BCUT2D eigenvalue weighted by molar-refractivity contribution is 0.618. The van der Waals surface area contributed by atoms with Gasteiger partial charge in [0.15, 0.2) is 0 Å². The minimum atomic E-state index is -0.187. The van der Waals surface area contributed by atoms with Crippen molar-refractivity contribution in [2.24, 2.45) is 0 Å². The summed E-state index contributed by atoms with van der Waals surface area (Å²) in [6.07, 6.45) is 3.36. The Labute approximate surface area is 125 Å². The third kappa shape index (κ3) is 3.90. The van der Waals surface area contributed by atoms with E-state index >= 15 is 0 Å². The maximum absolute atomic E-state index is 14.2. The van der Waals surface area contributed by atoms with Gasteiger partial charge in [-0.15, -0.1) is 0 Å². The van der Waals surface area contributed by atoms with Crippen LogP contribution in [-0.4, -0.2) is 23.1 Å². The molecule has 0 saturated heterocycles. The third-order valence-electron chi connectivity index (χ3n) is 3.34. The van der Waals surface area contributed by atoms with E-state index < -0.39 is 0 Å². The van der Waals surface area contributed by atoms with E-state index in [1.54, 1.807) is 18.5 Å². The molecule has 0 saturated carbocycles. The molecule has 0 aliphatic rings. The number of hydrogen-bond acceptors (Lipinski definition) is 4. The van der Waals surface area contributed by atoms with Crippen LogP contribution in [0.5, 0.6) is 0 Å². The van der Waals surface area contributed by atoms with E-state index in [0.717, 1.165) is 24.3 Å². The van der Waals surface area contributed by atoms with E-state index in [4.69, 9.17) is 0 Å². The lowest BCUT2D eigenvalue weighted by Gasteiger charge is -2.22. The molecule has 0 radical (unpaired) electrons. The van der Waals surface area contributed by atoms with Gasteiger partial charge in [0.25, 0.3) is 0 Å². The first-order valence-electron chi connectivity index (χ1n) is 7.20. The molecular formula is C16H21FN4. The molecule has 0 aliphatic heterocycles. The summed E-state index contributed by atoms with van der Waals surface area (Å²) >= 11 is 0. The number of halogens is 1. The number of rotatable bonds is 6. The second-order valence-electron chi connectivity index (χ2n) is 4.86. The molecule has 4 nitrogen and oxygen atoms in total. The van der Waals surface area contributed by atoms with E-state index in [1.165, 1.54) is 0 Å². The molecule has 0 unspecified atom stereocenters. The predicted molar refractivity (Wildman–Crippen MR) is 84.1 cm³/mol. The zero-order chi connectivity index (χ0) is 15.2. The monoisotopic (exact) mass is 288 g/mol. The Morgan fingerprint density at radius 1 is 1.19 bits per heavy atom. The number of anilines is 2. The van der Waals surface area contributed by atoms with Crippen molar-refractivity contribution in [2.75, 3.05) is 23.3 Å². The van der Waals surface area contributed by atoms with E-state index in [2.05, 4.69) is 15.3 Å². The Kier molecular flexibility index (Phi) is 5.09. The Morgan fingerprint density at radius 3 is 2.57 bits per heavy atom. The van der Waals surface area contributed by atoms with Gasteiger partial charge in [-0.1, -0.05) is 6.07 Å². The molecule has 0 aliphatic carbocycles. The number of aromatic nitrogens is 2. The highest BCUT2D eigenvalue weighted by Gasteiger charge is 2.09. The lowest BCUT2D eigenvalue weighted by atomic mass is 10.1. The van der Waals surface area contributed by atoms with Gasteiger partial charge in [-0.05, 0) is 38.5 Å². The molecule has 0 spiro atoms. The maximum atomic E-state index is 14.2. The molecule has 1 heterocycles. The Hall–Kier alpha value is -2.17. The van der Waals surface area contributed by atoms with Crippen LogP contribution in [0.1, 0.15) is 25.1 Å². The zero-order valence-electron chi connectivity index (χ0n) is 12.7. The molecule has 1 aromatic heterocycles. The molecule has 0 fully saturated rings. The molecule has 0 atom stereocenters. The van der Waals surface area contributed by atoms with Crippen molar-refractivity contribution in [3.05, 3.63) is 47.7 Å². The first-order chi connectivity index (χ1) is 10.1. The summed E-state index contributed by atoms with van der Waals surface area (Å²) in [6, 6.07) is 5.35. The SMILES string of the molecule is CCN(CC)c1ccc(CNc2cncc(C)n2)cc1F. The maximum Gasteiger partial charge on any atom is 0.146 e. The standard InChI is InChI=1S/C16H21FN4/c1-4-21(5-2)15-7-6-13(8-14(15)17)10-19-16-11-18-9-12(3)20-16/h6-9,11H,4-5,10H2,1-3H3,(H,19,20). The Balaban J connectivity index is 2.06. The van der Waals surface area contributed by atoms with Crippen LogP contribution in [-0.2, 0) is 6.54 Å². The average Bonchev–Trinajstić information content (AvgIpc) is 2.48. The predicted octanol–water partition coefficient (Wildman–Crippen LogP) is 3.38. The number of nitrogens with one attached hydrogen (secondary N) is 1. The quantitative estimate of drug-likeness (QED) is 0.884. The largest absolute Gasteiger partial charge is 0.370 e. The Bertz CT molecular complexity index is 597. The summed E-state index contributed by atoms with van der Waals surface area (Å²) in [5.41, 5.74) is 2.38. The minimum Gasteiger partial charge on any atom is -0.370 e. The van der Waals surface area contributed by atoms with E-state index in [1.807, 2.05) is 37.8 Å². The highest BCUT2D eigenvalue weighted by molar-refractivity contribution is 5.49. The first kappa shape index (κ1) is 15.2. The highest BCUT2D eigenvalue weighted by atomic mass is 19.1. The van der Waals surface area contributed by atoms with Crippen LogP contribution in [0.3, 0.4) is 0 Å². The third-order valence-corrected chi connectivity index (χ3v) is 3.34. The van der Waals surface area contributed by atoms with Gasteiger partial charge in [0, 0.05) is 25.8 Å². The van der Waals surface area contributed by atoms with Crippen molar-refractivity contribution in [1.29, 1.82) is 0 Å². The summed E-state index contributed by atoms with van der Waals surface area (Å²) in [6.45, 7) is 8.04. The summed E-state index contributed by atoms with van der Waals surface area (Å²) < 4.78 is 14.2. The second-order valence-corrected chi connectivity index (χ2v) is 4.86. The Morgan fingerprint density at radius 2 is 1.95 bits per heavy atom. The van der Waals surface area contributed by atoms with Crippen molar-refractivity contribution in [3.63, 3.8) is 0 Å². The molecule has 0 bridgehead atoms. The number of hydrogen-bond donors (Lipinski definition) is 1. The van der Waals surface area contributed by atoms with Crippen LogP contribution in [0.4, 0.5) is 15.9 Å². The highest BCUT2D eigenvalue weighted by Crippen LogP contribution is 2.20. The smallest absolute Gasteiger partial charge is 0.146 e. The summed E-state index contributed by atoms with van der Waals surface area (Å²) in [4.78, 5) is 10.4. The van der Waals surface area contributed by atoms with Gasteiger partial charge in [-0.3, -0.25) is 4.98 Å². The molecule has 0 amide bonds. The van der Waals surface area contributed by atoms with Crippen LogP contribution in [0, 0.1) is 12.7 Å². The normalized spacial score (nSPS) is 10.5. The molecule has 1 N–H and O–H groups in total. The fraction of sp³-hybridized carbons (Fsp3) is 0.375. The number of aryl methyl sites for hydroxylation is 1. The van der Waals surface area contributed by atoms with Crippen molar-refractivity contribution >= 4 is 11.5 Å². The van der Waals surface area contributed by atoms with Crippen LogP contribution in [0.2, 0.25) is 0 Å².